The van der Waals surface area contributed by atoms with Crippen molar-refractivity contribution in [1.82, 2.24) is 15.3 Å². The van der Waals surface area contributed by atoms with Crippen LogP contribution < -0.4 is 10.6 Å². The van der Waals surface area contributed by atoms with E-state index in [1.54, 1.807) is 6.33 Å². The monoisotopic (exact) mass is 316 g/mol. The standard InChI is InChI=1S/C17H24N4O2/c1-12-15(20-11-19-12)10-18-9-13-5-7-14(8-6-13)21-16(22)23-17(2,3)4/h5-8,11,18H,9-10H2,1-4H3,(H,19,20)(H,21,22). The molecule has 1 aromatic heterocycles. The number of hydrogen-bond acceptors (Lipinski definition) is 4. The Bertz CT molecular complexity index is 641. The number of carbonyl (C=O) groups excluding carboxylic acids is 1. The summed E-state index contributed by atoms with van der Waals surface area (Å²) in [6.45, 7) is 8.96. The highest BCUT2D eigenvalue weighted by Crippen LogP contribution is 2.13. The van der Waals surface area contributed by atoms with E-state index >= 15 is 0 Å². The number of anilines is 1. The largest absolute Gasteiger partial charge is 0.444 e. The van der Waals surface area contributed by atoms with E-state index in [0.717, 1.165) is 23.5 Å². The van der Waals surface area contributed by atoms with Crippen molar-refractivity contribution in [3.63, 3.8) is 0 Å². The molecule has 0 saturated heterocycles. The number of amides is 1. The molecule has 0 unspecified atom stereocenters. The molecular weight excluding hydrogens is 292 g/mol. The van der Waals surface area contributed by atoms with Gasteiger partial charge in [-0.1, -0.05) is 12.1 Å². The first-order valence-electron chi connectivity index (χ1n) is 7.62. The van der Waals surface area contributed by atoms with Crippen LogP contribution in [0.25, 0.3) is 0 Å². The fourth-order valence-corrected chi connectivity index (χ4v) is 2.02. The minimum absolute atomic E-state index is 0.447. The molecular formula is C17H24N4O2. The van der Waals surface area contributed by atoms with Gasteiger partial charge in [-0.15, -0.1) is 0 Å². The minimum Gasteiger partial charge on any atom is -0.444 e. The summed E-state index contributed by atoms with van der Waals surface area (Å²) in [6, 6.07) is 7.66. The van der Waals surface area contributed by atoms with Gasteiger partial charge in [-0.05, 0) is 45.4 Å². The van der Waals surface area contributed by atoms with Gasteiger partial charge in [-0.25, -0.2) is 9.78 Å². The quantitative estimate of drug-likeness (QED) is 0.790. The van der Waals surface area contributed by atoms with Gasteiger partial charge in [0.15, 0.2) is 0 Å². The van der Waals surface area contributed by atoms with Crippen molar-refractivity contribution < 1.29 is 9.53 Å². The van der Waals surface area contributed by atoms with Crippen LogP contribution >= 0.6 is 0 Å². The van der Waals surface area contributed by atoms with Crippen molar-refractivity contribution >= 4 is 11.8 Å². The summed E-state index contributed by atoms with van der Waals surface area (Å²) in [7, 11) is 0. The first kappa shape index (κ1) is 17.0. The third-order valence-electron chi connectivity index (χ3n) is 3.16. The van der Waals surface area contributed by atoms with Gasteiger partial charge in [-0.2, -0.15) is 0 Å². The zero-order chi connectivity index (χ0) is 16.9. The Morgan fingerprint density at radius 2 is 1.91 bits per heavy atom. The second-order valence-corrected chi connectivity index (χ2v) is 6.40. The number of aryl methyl sites for hydroxylation is 1. The van der Waals surface area contributed by atoms with E-state index in [0.29, 0.717) is 12.2 Å². The van der Waals surface area contributed by atoms with Gasteiger partial charge in [-0.3, -0.25) is 5.32 Å². The predicted octanol–water partition coefficient (Wildman–Crippen LogP) is 3.35. The highest BCUT2D eigenvalue weighted by molar-refractivity contribution is 5.84. The normalized spacial score (nSPS) is 11.3. The van der Waals surface area contributed by atoms with Crippen LogP contribution in [0.3, 0.4) is 0 Å². The molecule has 0 spiro atoms. The van der Waals surface area contributed by atoms with E-state index in [1.165, 1.54) is 0 Å². The molecule has 0 aliphatic carbocycles. The number of carbonyl (C=O) groups is 1. The molecule has 1 aromatic carbocycles. The molecule has 6 heteroatoms. The number of nitrogens with zero attached hydrogens (tertiary/aromatic N) is 1. The van der Waals surface area contributed by atoms with Gasteiger partial charge in [0.2, 0.25) is 0 Å². The second kappa shape index (κ2) is 7.28. The number of imidazole rings is 1. The summed E-state index contributed by atoms with van der Waals surface area (Å²) >= 11 is 0. The molecule has 0 bridgehead atoms. The maximum absolute atomic E-state index is 11.7. The lowest BCUT2D eigenvalue weighted by molar-refractivity contribution is 0.0636. The van der Waals surface area contributed by atoms with Gasteiger partial charge < -0.3 is 15.0 Å². The van der Waals surface area contributed by atoms with Crippen LogP contribution in [0, 0.1) is 6.92 Å². The highest BCUT2D eigenvalue weighted by Gasteiger charge is 2.16. The van der Waals surface area contributed by atoms with E-state index in [4.69, 9.17) is 4.74 Å². The molecule has 0 aliphatic rings. The maximum atomic E-state index is 11.7. The van der Waals surface area contributed by atoms with Crippen molar-refractivity contribution in [3.05, 3.63) is 47.5 Å². The molecule has 2 aromatic rings. The van der Waals surface area contributed by atoms with E-state index in [9.17, 15) is 4.79 Å². The molecule has 0 fully saturated rings. The van der Waals surface area contributed by atoms with Crippen molar-refractivity contribution in [2.75, 3.05) is 5.32 Å². The van der Waals surface area contributed by atoms with Crippen molar-refractivity contribution in [3.8, 4) is 0 Å². The minimum atomic E-state index is -0.502. The van der Waals surface area contributed by atoms with E-state index < -0.39 is 11.7 Å². The Morgan fingerprint density at radius 3 is 2.48 bits per heavy atom. The molecule has 0 saturated carbocycles. The molecule has 124 valence electrons. The SMILES string of the molecule is Cc1[nH]cnc1CNCc1ccc(NC(=O)OC(C)(C)C)cc1. The summed E-state index contributed by atoms with van der Waals surface area (Å²) in [5, 5.41) is 6.06. The molecule has 6 nitrogen and oxygen atoms in total. The summed E-state index contributed by atoms with van der Waals surface area (Å²) in [5.41, 5.74) is 3.44. The molecule has 1 heterocycles. The van der Waals surface area contributed by atoms with Crippen LogP contribution in [0.15, 0.2) is 30.6 Å². The average Bonchev–Trinajstić information content (AvgIpc) is 2.84. The van der Waals surface area contributed by atoms with Crippen LogP contribution in [0.1, 0.15) is 37.7 Å². The van der Waals surface area contributed by atoms with Crippen molar-refractivity contribution in [1.29, 1.82) is 0 Å². The molecule has 1 amide bonds. The highest BCUT2D eigenvalue weighted by atomic mass is 16.6. The van der Waals surface area contributed by atoms with Crippen LogP contribution in [0.2, 0.25) is 0 Å². The van der Waals surface area contributed by atoms with Gasteiger partial charge >= 0.3 is 6.09 Å². The van der Waals surface area contributed by atoms with Crippen molar-refractivity contribution in [2.24, 2.45) is 0 Å². The number of ether oxygens (including phenoxy) is 1. The summed E-state index contributed by atoms with van der Waals surface area (Å²) in [6.07, 6.45) is 1.25. The van der Waals surface area contributed by atoms with Crippen LogP contribution in [-0.2, 0) is 17.8 Å². The van der Waals surface area contributed by atoms with Crippen LogP contribution in [-0.4, -0.2) is 21.7 Å². The first-order chi connectivity index (χ1) is 10.8. The van der Waals surface area contributed by atoms with Crippen LogP contribution in [0.5, 0.6) is 0 Å². The number of H-pyrrole nitrogens is 1. The summed E-state index contributed by atoms with van der Waals surface area (Å²) < 4.78 is 5.22. The zero-order valence-electron chi connectivity index (χ0n) is 14.1. The average molecular weight is 316 g/mol. The molecule has 3 N–H and O–H groups in total. The van der Waals surface area contributed by atoms with Gasteiger partial charge in [0, 0.05) is 24.5 Å². The lowest BCUT2D eigenvalue weighted by Gasteiger charge is -2.19. The molecule has 23 heavy (non-hydrogen) atoms. The van der Waals surface area contributed by atoms with Crippen LogP contribution in [0.4, 0.5) is 10.5 Å². The lowest BCUT2D eigenvalue weighted by atomic mass is 10.2. The molecule has 0 radical (unpaired) electrons. The predicted molar refractivity (Wildman–Crippen MR) is 90.2 cm³/mol. The number of aromatic nitrogens is 2. The maximum Gasteiger partial charge on any atom is 0.412 e. The summed E-state index contributed by atoms with van der Waals surface area (Å²) in [5.74, 6) is 0. The molecule has 0 aliphatic heterocycles. The molecule has 0 atom stereocenters. The summed E-state index contributed by atoms with van der Waals surface area (Å²) in [4.78, 5) is 19.0. The Kier molecular flexibility index (Phi) is 5.39. The Labute approximate surface area is 136 Å². The van der Waals surface area contributed by atoms with Gasteiger partial charge in [0.1, 0.15) is 5.60 Å². The van der Waals surface area contributed by atoms with Gasteiger partial charge in [0.25, 0.3) is 0 Å². The van der Waals surface area contributed by atoms with Gasteiger partial charge in [0.05, 0.1) is 12.0 Å². The number of hydrogen-bond donors (Lipinski definition) is 3. The Balaban J connectivity index is 1.80. The number of nitrogens with one attached hydrogen (secondary N) is 3. The topological polar surface area (TPSA) is 79.0 Å². The Morgan fingerprint density at radius 1 is 1.22 bits per heavy atom. The number of benzene rings is 1. The lowest BCUT2D eigenvalue weighted by Crippen LogP contribution is -2.27. The fourth-order valence-electron chi connectivity index (χ4n) is 2.02. The zero-order valence-corrected chi connectivity index (χ0v) is 14.1. The van der Waals surface area contributed by atoms with Crippen molar-refractivity contribution in [2.45, 2.75) is 46.4 Å². The third-order valence-corrected chi connectivity index (χ3v) is 3.16. The molecule has 2 rings (SSSR count). The number of rotatable bonds is 5. The smallest absolute Gasteiger partial charge is 0.412 e. The Hall–Kier alpha value is -2.34. The second-order valence-electron chi connectivity index (χ2n) is 6.40. The third kappa shape index (κ3) is 5.75. The van der Waals surface area contributed by atoms with E-state index in [1.807, 2.05) is 52.0 Å². The fraction of sp³-hybridized carbons (Fsp3) is 0.412. The van der Waals surface area contributed by atoms with E-state index in [-0.39, 0.29) is 0 Å². The first-order valence-corrected chi connectivity index (χ1v) is 7.62. The number of aromatic amines is 1. The van der Waals surface area contributed by atoms with E-state index in [2.05, 4.69) is 20.6 Å².